The molecule has 0 spiro atoms. The SMILES string of the molecule is CCc1ccccc1OC(C)C(=O)NCc1ccc(N(CC)CC)cc1. The third kappa shape index (κ3) is 5.25. The molecule has 0 heterocycles. The van der Waals surface area contributed by atoms with Gasteiger partial charge >= 0.3 is 0 Å². The molecule has 0 aliphatic heterocycles. The number of anilines is 1. The maximum absolute atomic E-state index is 12.3. The summed E-state index contributed by atoms with van der Waals surface area (Å²) in [7, 11) is 0. The fraction of sp³-hybridized carbons (Fsp3) is 0.409. The van der Waals surface area contributed by atoms with E-state index in [9.17, 15) is 4.79 Å². The predicted molar refractivity (Wildman–Crippen MR) is 108 cm³/mol. The molecule has 1 N–H and O–H groups in total. The lowest BCUT2D eigenvalue weighted by Gasteiger charge is -2.21. The average Bonchev–Trinajstić information content (AvgIpc) is 2.68. The van der Waals surface area contributed by atoms with Crippen molar-refractivity contribution in [1.82, 2.24) is 5.32 Å². The Bertz CT molecular complexity index is 694. The van der Waals surface area contributed by atoms with Crippen LogP contribution in [0.25, 0.3) is 0 Å². The molecule has 0 saturated heterocycles. The first-order valence-electron chi connectivity index (χ1n) is 9.45. The maximum atomic E-state index is 12.3. The highest BCUT2D eigenvalue weighted by Gasteiger charge is 2.15. The van der Waals surface area contributed by atoms with Crippen molar-refractivity contribution in [2.45, 2.75) is 46.8 Å². The van der Waals surface area contributed by atoms with Crippen molar-refractivity contribution in [2.75, 3.05) is 18.0 Å². The summed E-state index contributed by atoms with van der Waals surface area (Å²) < 4.78 is 5.85. The molecule has 0 fully saturated rings. The zero-order valence-corrected chi connectivity index (χ0v) is 16.3. The van der Waals surface area contributed by atoms with Gasteiger partial charge in [0.15, 0.2) is 6.10 Å². The molecule has 4 heteroatoms. The molecule has 1 amide bonds. The largest absolute Gasteiger partial charge is 0.481 e. The molecule has 2 aromatic carbocycles. The number of carbonyl (C=O) groups excluding carboxylic acids is 1. The van der Waals surface area contributed by atoms with Crippen LogP contribution in [0.4, 0.5) is 5.69 Å². The van der Waals surface area contributed by atoms with Crippen LogP contribution in [0.2, 0.25) is 0 Å². The summed E-state index contributed by atoms with van der Waals surface area (Å²) in [4.78, 5) is 14.6. The average molecular weight is 354 g/mol. The van der Waals surface area contributed by atoms with E-state index in [-0.39, 0.29) is 5.91 Å². The number of aryl methyl sites for hydroxylation is 1. The van der Waals surface area contributed by atoms with E-state index in [4.69, 9.17) is 4.74 Å². The van der Waals surface area contributed by atoms with Crippen molar-refractivity contribution in [3.05, 3.63) is 59.7 Å². The van der Waals surface area contributed by atoms with Crippen molar-refractivity contribution < 1.29 is 9.53 Å². The summed E-state index contributed by atoms with van der Waals surface area (Å²) in [6, 6.07) is 16.2. The molecular weight excluding hydrogens is 324 g/mol. The number of amides is 1. The van der Waals surface area contributed by atoms with Crippen molar-refractivity contribution in [3.8, 4) is 5.75 Å². The Hall–Kier alpha value is -2.49. The van der Waals surface area contributed by atoms with Gasteiger partial charge < -0.3 is 15.0 Å². The minimum absolute atomic E-state index is 0.108. The summed E-state index contributed by atoms with van der Waals surface area (Å²) in [5.41, 5.74) is 3.40. The molecule has 2 rings (SSSR count). The standard InChI is InChI=1S/C22H30N2O2/c1-5-19-10-8-9-11-21(19)26-17(4)22(25)23-16-18-12-14-20(15-13-18)24(6-2)7-3/h8-15,17H,5-7,16H2,1-4H3,(H,23,25). The third-order valence-electron chi connectivity index (χ3n) is 4.56. The van der Waals surface area contributed by atoms with Crippen molar-refractivity contribution in [1.29, 1.82) is 0 Å². The van der Waals surface area contributed by atoms with E-state index in [1.54, 1.807) is 6.92 Å². The Kier molecular flexibility index (Phi) is 7.52. The molecular formula is C22H30N2O2. The number of benzene rings is 2. The Morgan fingerprint density at radius 3 is 2.31 bits per heavy atom. The highest BCUT2D eigenvalue weighted by molar-refractivity contribution is 5.80. The molecule has 0 saturated carbocycles. The van der Waals surface area contributed by atoms with Crippen LogP contribution in [-0.2, 0) is 17.8 Å². The lowest BCUT2D eigenvalue weighted by molar-refractivity contribution is -0.127. The summed E-state index contributed by atoms with van der Waals surface area (Å²) in [5, 5.41) is 2.96. The smallest absolute Gasteiger partial charge is 0.261 e. The van der Waals surface area contributed by atoms with Gasteiger partial charge in [-0.2, -0.15) is 0 Å². The summed E-state index contributed by atoms with van der Waals surface area (Å²) >= 11 is 0. The van der Waals surface area contributed by atoms with Gasteiger partial charge in [-0.3, -0.25) is 4.79 Å². The molecule has 0 aliphatic rings. The van der Waals surface area contributed by atoms with Crippen LogP contribution in [-0.4, -0.2) is 25.1 Å². The predicted octanol–water partition coefficient (Wildman–Crippen LogP) is 4.18. The molecule has 1 unspecified atom stereocenters. The molecule has 1 atom stereocenters. The first-order chi connectivity index (χ1) is 12.6. The molecule has 140 valence electrons. The number of ether oxygens (including phenoxy) is 1. The second-order valence-corrected chi connectivity index (χ2v) is 6.28. The van der Waals surface area contributed by atoms with Crippen molar-refractivity contribution >= 4 is 11.6 Å². The van der Waals surface area contributed by atoms with Crippen LogP contribution < -0.4 is 15.0 Å². The van der Waals surface area contributed by atoms with Gasteiger partial charge in [0.2, 0.25) is 0 Å². The third-order valence-corrected chi connectivity index (χ3v) is 4.56. The van der Waals surface area contributed by atoms with Crippen LogP contribution in [0.1, 0.15) is 38.8 Å². The first-order valence-corrected chi connectivity index (χ1v) is 9.45. The summed E-state index contributed by atoms with van der Waals surface area (Å²) in [6.45, 7) is 10.6. The normalized spacial score (nSPS) is 11.7. The lowest BCUT2D eigenvalue weighted by Crippen LogP contribution is -2.36. The Morgan fingerprint density at radius 1 is 1.04 bits per heavy atom. The van der Waals surface area contributed by atoms with Crippen LogP contribution in [0.15, 0.2) is 48.5 Å². The van der Waals surface area contributed by atoms with E-state index in [0.29, 0.717) is 6.54 Å². The van der Waals surface area contributed by atoms with E-state index < -0.39 is 6.10 Å². The van der Waals surface area contributed by atoms with Crippen LogP contribution in [0.3, 0.4) is 0 Å². The highest BCUT2D eigenvalue weighted by atomic mass is 16.5. The van der Waals surface area contributed by atoms with Gasteiger partial charge in [-0.15, -0.1) is 0 Å². The summed E-state index contributed by atoms with van der Waals surface area (Å²) in [6.07, 6.45) is 0.348. The summed E-state index contributed by atoms with van der Waals surface area (Å²) in [5.74, 6) is 0.671. The van der Waals surface area contributed by atoms with Gasteiger partial charge in [0.05, 0.1) is 0 Å². The van der Waals surface area contributed by atoms with E-state index in [2.05, 4.69) is 55.3 Å². The van der Waals surface area contributed by atoms with Crippen LogP contribution >= 0.6 is 0 Å². The molecule has 0 bridgehead atoms. The monoisotopic (exact) mass is 354 g/mol. The number of hydrogen-bond acceptors (Lipinski definition) is 3. The second kappa shape index (κ2) is 9.85. The topological polar surface area (TPSA) is 41.6 Å². The van der Waals surface area contributed by atoms with Gasteiger partial charge in [0, 0.05) is 25.3 Å². The van der Waals surface area contributed by atoms with E-state index in [1.807, 2.05) is 24.3 Å². The molecule has 26 heavy (non-hydrogen) atoms. The zero-order chi connectivity index (χ0) is 18.9. The second-order valence-electron chi connectivity index (χ2n) is 6.28. The minimum atomic E-state index is -0.530. The molecule has 0 aliphatic carbocycles. The fourth-order valence-corrected chi connectivity index (χ4v) is 2.90. The number of rotatable bonds is 9. The maximum Gasteiger partial charge on any atom is 0.261 e. The van der Waals surface area contributed by atoms with Gasteiger partial charge in [-0.25, -0.2) is 0 Å². The van der Waals surface area contributed by atoms with Gasteiger partial charge in [-0.1, -0.05) is 37.3 Å². The van der Waals surface area contributed by atoms with Gasteiger partial charge in [0.1, 0.15) is 5.75 Å². The van der Waals surface area contributed by atoms with Crippen LogP contribution in [0, 0.1) is 0 Å². The number of hydrogen-bond donors (Lipinski definition) is 1. The molecule has 4 nitrogen and oxygen atoms in total. The van der Waals surface area contributed by atoms with E-state index >= 15 is 0 Å². The van der Waals surface area contributed by atoms with Crippen molar-refractivity contribution in [3.63, 3.8) is 0 Å². The van der Waals surface area contributed by atoms with Gasteiger partial charge in [-0.05, 0) is 56.5 Å². The molecule has 0 aromatic heterocycles. The quantitative estimate of drug-likeness (QED) is 0.734. The Balaban J connectivity index is 1.89. The van der Waals surface area contributed by atoms with Gasteiger partial charge in [0.25, 0.3) is 5.91 Å². The first kappa shape index (κ1) is 19.8. The van der Waals surface area contributed by atoms with E-state index in [1.165, 1.54) is 5.69 Å². The Morgan fingerprint density at radius 2 is 1.69 bits per heavy atom. The van der Waals surface area contributed by atoms with Crippen LogP contribution in [0.5, 0.6) is 5.75 Å². The molecule has 2 aromatic rings. The zero-order valence-electron chi connectivity index (χ0n) is 16.3. The number of para-hydroxylation sites is 1. The number of nitrogens with zero attached hydrogens (tertiary/aromatic N) is 1. The van der Waals surface area contributed by atoms with Crippen molar-refractivity contribution in [2.24, 2.45) is 0 Å². The fourth-order valence-electron chi connectivity index (χ4n) is 2.90. The number of carbonyl (C=O) groups is 1. The minimum Gasteiger partial charge on any atom is -0.481 e. The lowest BCUT2D eigenvalue weighted by atomic mass is 10.1. The number of nitrogens with one attached hydrogen (secondary N) is 1. The molecule has 0 radical (unpaired) electrons. The Labute approximate surface area is 157 Å². The van der Waals surface area contributed by atoms with E-state index in [0.717, 1.165) is 36.4 Å². The highest BCUT2D eigenvalue weighted by Crippen LogP contribution is 2.20.